The number of hydrogen-bond acceptors (Lipinski definition) is 3. The highest BCUT2D eigenvalue weighted by Gasteiger charge is 2.43. The Morgan fingerprint density at radius 1 is 1.26 bits per heavy atom. The van der Waals surface area contributed by atoms with Crippen molar-refractivity contribution in [3.63, 3.8) is 0 Å². The minimum absolute atomic E-state index is 0.0204. The molecule has 0 unspecified atom stereocenters. The number of rotatable bonds is 2. The maximum Gasteiger partial charge on any atom is 0.471 e. The van der Waals surface area contributed by atoms with E-state index in [9.17, 15) is 18.0 Å². The quantitative estimate of drug-likeness (QED) is 0.786. The van der Waals surface area contributed by atoms with Crippen molar-refractivity contribution in [1.29, 1.82) is 0 Å². The lowest BCUT2D eigenvalue weighted by molar-refractivity contribution is -0.185. The second kappa shape index (κ2) is 6.79. The summed E-state index contributed by atoms with van der Waals surface area (Å²) in [5, 5.41) is 3.32. The molecular formula is C13H14ClF3N4OS. The highest BCUT2D eigenvalue weighted by molar-refractivity contribution is 7.80. The Bertz CT molecular complexity index is 618. The number of anilines is 2. The van der Waals surface area contributed by atoms with Crippen LogP contribution in [-0.4, -0.2) is 48.3 Å². The lowest BCUT2D eigenvalue weighted by Gasteiger charge is -2.37. The zero-order valence-corrected chi connectivity index (χ0v) is 13.4. The molecule has 23 heavy (non-hydrogen) atoms. The molecule has 0 aliphatic carbocycles. The van der Waals surface area contributed by atoms with Crippen LogP contribution in [0.1, 0.15) is 0 Å². The van der Waals surface area contributed by atoms with Gasteiger partial charge < -0.3 is 20.9 Å². The lowest BCUT2D eigenvalue weighted by atomic mass is 10.2. The summed E-state index contributed by atoms with van der Waals surface area (Å²) in [5.41, 5.74) is 6.74. The summed E-state index contributed by atoms with van der Waals surface area (Å²) in [7, 11) is 0. The number of benzene rings is 1. The predicted octanol–water partition coefficient (Wildman–Crippen LogP) is 2.21. The molecule has 1 saturated heterocycles. The summed E-state index contributed by atoms with van der Waals surface area (Å²) < 4.78 is 37.3. The Morgan fingerprint density at radius 2 is 1.87 bits per heavy atom. The molecule has 1 aliphatic rings. The fourth-order valence-electron chi connectivity index (χ4n) is 2.35. The van der Waals surface area contributed by atoms with Crippen LogP contribution in [0.5, 0.6) is 0 Å². The summed E-state index contributed by atoms with van der Waals surface area (Å²) in [6.07, 6.45) is -4.85. The van der Waals surface area contributed by atoms with Gasteiger partial charge in [0, 0.05) is 31.2 Å². The van der Waals surface area contributed by atoms with Gasteiger partial charge in [-0.25, -0.2) is 0 Å². The van der Waals surface area contributed by atoms with Crippen LogP contribution >= 0.6 is 23.8 Å². The average Bonchev–Trinajstić information content (AvgIpc) is 2.45. The maximum atomic E-state index is 12.4. The van der Waals surface area contributed by atoms with E-state index in [0.717, 1.165) is 4.90 Å². The van der Waals surface area contributed by atoms with Crippen molar-refractivity contribution >= 4 is 46.2 Å². The molecule has 0 atom stereocenters. The Morgan fingerprint density at radius 3 is 2.39 bits per heavy atom. The van der Waals surface area contributed by atoms with E-state index < -0.39 is 12.1 Å². The van der Waals surface area contributed by atoms with Crippen molar-refractivity contribution in [3.05, 3.63) is 23.2 Å². The maximum absolute atomic E-state index is 12.4. The van der Waals surface area contributed by atoms with Crippen molar-refractivity contribution in [2.45, 2.75) is 6.18 Å². The van der Waals surface area contributed by atoms with Crippen LogP contribution in [0.25, 0.3) is 0 Å². The van der Waals surface area contributed by atoms with Gasteiger partial charge in [-0.15, -0.1) is 0 Å². The van der Waals surface area contributed by atoms with E-state index in [1.54, 1.807) is 18.2 Å². The molecule has 0 radical (unpaired) electrons. The first-order valence-corrected chi connectivity index (χ1v) is 7.44. The van der Waals surface area contributed by atoms with Crippen LogP contribution in [0.4, 0.5) is 24.5 Å². The van der Waals surface area contributed by atoms with Crippen LogP contribution in [0, 0.1) is 0 Å². The number of nitrogens with two attached hydrogens (primary N) is 1. The van der Waals surface area contributed by atoms with Crippen LogP contribution in [-0.2, 0) is 4.79 Å². The zero-order chi connectivity index (χ0) is 17.2. The molecule has 0 bridgehead atoms. The van der Waals surface area contributed by atoms with E-state index in [4.69, 9.17) is 29.6 Å². The van der Waals surface area contributed by atoms with Crippen molar-refractivity contribution in [2.24, 2.45) is 5.73 Å². The molecule has 0 saturated carbocycles. The van der Waals surface area contributed by atoms with Crippen molar-refractivity contribution in [3.8, 4) is 0 Å². The number of carbonyl (C=O) groups is 1. The summed E-state index contributed by atoms with van der Waals surface area (Å²) in [6.45, 7) is 0.478. The topological polar surface area (TPSA) is 61.6 Å². The van der Waals surface area contributed by atoms with Crippen LogP contribution in [0.15, 0.2) is 18.2 Å². The number of halogens is 4. The normalized spacial score (nSPS) is 15.5. The minimum atomic E-state index is -4.85. The highest BCUT2D eigenvalue weighted by atomic mass is 35.5. The molecule has 126 valence electrons. The Kier molecular flexibility index (Phi) is 5.20. The van der Waals surface area contributed by atoms with E-state index in [2.05, 4.69) is 5.32 Å². The minimum Gasteiger partial charge on any atom is -0.376 e. The molecule has 3 N–H and O–H groups in total. The number of thiocarbonyl (C=S) groups is 1. The van der Waals surface area contributed by atoms with Gasteiger partial charge >= 0.3 is 12.1 Å². The summed E-state index contributed by atoms with van der Waals surface area (Å²) in [6, 6.07) is 5.02. The second-order valence-corrected chi connectivity index (χ2v) is 5.80. The predicted molar refractivity (Wildman–Crippen MR) is 86.7 cm³/mol. The third-order valence-corrected chi connectivity index (χ3v) is 3.70. The van der Waals surface area contributed by atoms with Gasteiger partial charge in [0.25, 0.3) is 0 Å². The number of nitrogens with one attached hydrogen (secondary N) is 1. The number of amides is 1. The third kappa shape index (κ3) is 4.38. The van der Waals surface area contributed by atoms with Gasteiger partial charge in [0.05, 0.1) is 11.4 Å². The van der Waals surface area contributed by atoms with Gasteiger partial charge in [0.15, 0.2) is 5.11 Å². The van der Waals surface area contributed by atoms with Gasteiger partial charge in [-0.05, 0) is 30.4 Å². The monoisotopic (exact) mass is 366 g/mol. The molecule has 1 heterocycles. The number of hydrogen-bond donors (Lipinski definition) is 2. The van der Waals surface area contributed by atoms with Gasteiger partial charge in [-0.1, -0.05) is 11.6 Å². The van der Waals surface area contributed by atoms with Crippen LogP contribution in [0.2, 0.25) is 5.02 Å². The molecule has 0 spiro atoms. The first-order chi connectivity index (χ1) is 10.7. The van der Waals surface area contributed by atoms with Crippen molar-refractivity contribution in [2.75, 3.05) is 36.4 Å². The molecule has 1 aromatic rings. The lowest BCUT2D eigenvalue weighted by Crippen LogP contribution is -2.52. The van der Waals surface area contributed by atoms with Gasteiger partial charge in [-0.2, -0.15) is 13.2 Å². The molecule has 1 fully saturated rings. The van der Waals surface area contributed by atoms with Gasteiger partial charge in [0.2, 0.25) is 0 Å². The molecule has 2 rings (SSSR count). The van der Waals surface area contributed by atoms with E-state index in [1.807, 2.05) is 4.90 Å². The highest BCUT2D eigenvalue weighted by Crippen LogP contribution is 2.30. The Labute approximate surface area is 141 Å². The molecule has 1 aromatic carbocycles. The fourth-order valence-corrected chi connectivity index (χ4v) is 2.63. The average molecular weight is 367 g/mol. The van der Waals surface area contributed by atoms with E-state index in [-0.39, 0.29) is 31.3 Å². The fraction of sp³-hybridized carbons (Fsp3) is 0.385. The number of alkyl halides is 3. The number of nitrogens with zero attached hydrogens (tertiary/aromatic N) is 2. The van der Waals surface area contributed by atoms with Crippen LogP contribution in [0.3, 0.4) is 0 Å². The largest absolute Gasteiger partial charge is 0.471 e. The SMILES string of the molecule is NC(=S)Nc1cc(Cl)ccc1N1CCN(C(=O)C(F)(F)F)CC1. The number of piperazine rings is 1. The molecule has 10 heteroatoms. The standard InChI is InChI=1S/C13H14ClF3N4OS/c14-8-1-2-10(9(7-8)19-12(18)23)20-3-5-21(6-4-20)11(22)13(15,16)17/h1-2,7H,3-6H2,(H3,18,19,23). The molecule has 5 nitrogen and oxygen atoms in total. The van der Waals surface area contributed by atoms with Crippen molar-refractivity contribution in [1.82, 2.24) is 4.90 Å². The van der Waals surface area contributed by atoms with Crippen LogP contribution < -0.4 is 16.0 Å². The number of carbonyl (C=O) groups excluding carboxylic acids is 1. The smallest absolute Gasteiger partial charge is 0.376 e. The third-order valence-electron chi connectivity index (χ3n) is 3.37. The zero-order valence-electron chi connectivity index (χ0n) is 11.9. The summed E-state index contributed by atoms with van der Waals surface area (Å²) in [5.74, 6) is -1.81. The van der Waals surface area contributed by atoms with Gasteiger partial charge in [-0.3, -0.25) is 4.79 Å². The van der Waals surface area contributed by atoms with E-state index in [1.165, 1.54) is 0 Å². The Balaban J connectivity index is 2.11. The summed E-state index contributed by atoms with van der Waals surface area (Å²) in [4.78, 5) is 13.9. The molecule has 1 aliphatic heterocycles. The van der Waals surface area contributed by atoms with Crippen molar-refractivity contribution < 1.29 is 18.0 Å². The molecular weight excluding hydrogens is 353 g/mol. The molecule has 0 aromatic heterocycles. The van der Waals surface area contributed by atoms with Gasteiger partial charge in [0.1, 0.15) is 0 Å². The molecule has 1 amide bonds. The summed E-state index contributed by atoms with van der Waals surface area (Å²) >= 11 is 10.7. The van der Waals surface area contributed by atoms with E-state index >= 15 is 0 Å². The van der Waals surface area contributed by atoms with E-state index in [0.29, 0.717) is 16.4 Å². The Hall–Kier alpha value is -1.74. The first-order valence-electron chi connectivity index (χ1n) is 6.65. The second-order valence-electron chi connectivity index (χ2n) is 4.93. The first kappa shape index (κ1) is 17.6.